The van der Waals surface area contributed by atoms with Gasteiger partial charge in [0.1, 0.15) is 18.1 Å². The van der Waals surface area contributed by atoms with Crippen LogP contribution in [0.25, 0.3) is 0 Å². The fourth-order valence-corrected chi connectivity index (χ4v) is 2.61. The van der Waals surface area contributed by atoms with E-state index in [1.165, 1.54) is 0 Å². The van der Waals surface area contributed by atoms with Crippen molar-refractivity contribution in [2.24, 2.45) is 0 Å². The summed E-state index contributed by atoms with van der Waals surface area (Å²) in [6.07, 6.45) is -0.316. The third-order valence-electron chi connectivity index (χ3n) is 3.72. The highest BCUT2D eigenvalue weighted by Gasteiger charge is 2.27. The minimum atomic E-state index is -0.490. The fourth-order valence-electron chi connectivity index (χ4n) is 2.61. The van der Waals surface area contributed by atoms with E-state index in [9.17, 15) is 4.79 Å². The average Bonchev–Trinajstić information content (AvgIpc) is 2.96. The summed E-state index contributed by atoms with van der Waals surface area (Å²) in [5, 5.41) is 2.74. The van der Waals surface area contributed by atoms with Gasteiger partial charge >= 0.3 is 6.09 Å². The topological polar surface area (TPSA) is 56.8 Å². The predicted molar refractivity (Wildman–Crippen MR) is 85.6 cm³/mol. The Morgan fingerprint density at radius 3 is 2.83 bits per heavy atom. The van der Waals surface area contributed by atoms with Gasteiger partial charge in [-0.05, 0) is 30.2 Å². The summed E-state index contributed by atoms with van der Waals surface area (Å²) in [5.41, 5.74) is 2.95. The Kier molecular flexibility index (Phi) is 4.37. The third-order valence-corrected chi connectivity index (χ3v) is 3.72. The first-order chi connectivity index (χ1) is 11.2. The maximum atomic E-state index is 11.9. The molecule has 2 aromatic carbocycles. The van der Waals surface area contributed by atoms with Crippen LogP contribution < -0.4 is 14.8 Å². The molecule has 0 spiro atoms. The lowest BCUT2D eigenvalue weighted by Crippen LogP contribution is -2.38. The number of hydrogen-bond donors (Lipinski definition) is 1. The molecular weight excluding hydrogens is 294 g/mol. The van der Waals surface area contributed by atoms with Gasteiger partial charge in [-0.1, -0.05) is 30.3 Å². The molecule has 0 bridgehead atoms. The second-order valence-corrected chi connectivity index (χ2v) is 5.45. The van der Waals surface area contributed by atoms with Gasteiger partial charge in [0.15, 0.2) is 6.23 Å². The first-order valence-corrected chi connectivity index (χ1v) is 7.47. The molecule has 1 N–H and O–H groups in total. The second-order valence-electron chi connectivity index (χ2n) is 5.45. The van der Waals surface area contributed by atoms with Crippen molar-refractivity contribution < 1.29 is 19.0 Å². The number of amides is 1. The van der Waals surface area contributed by atoms with E-state index in [0.29, 0.717) is 6.42 Å². The summed E-state index contributed by atoms with van der Waals surface area (Å²) in [4.78, 5) is 11.9. The number of aryl methyl sites for hydroxylation is 1. The molecule has 0 aromatic heterocycles. The Hall–Kier alpha value is -2.69. The van der Waals surface area contributed by atoms with E-state index in [0.717, 1.165) is 28.2 Å². The van der Waals surface area contributed by atoms with Crippen molar-refractivity contribution in [1.29, 1.82) is 0 Å². The standard InChI is InChI=1S/C18H19NO4/c1-12-8-15(21-2)9-14-10-16(23-17(12)14)19-18(20)22-11-13-6-4-3-5-7-13/h3-9,16H,10-11H2,1-2H3,(H,19,20). The van der Waals surface area contributed by atoms with Crippen LogP contribution in [0.3, 0.4) is 0 Å². The molecule has 23 heavy (non-hydrogen) atoms. The fraction of sp³-hybridized carbons (Fsp3) is 0.278. The molecule has 3 rings (SSSR count). The zero-order chi connectivity index (χ0) is 16.2. The smallest absolute Gasteiger partial charge is 0.410 e. The van der Waals surface area contributed by atoms with Gasteiger partial charge in [-0.2, -0.15) is 0 Å². The van der Waals surface area contributed by atoms with Gasteiger partial charge in [-0.3, -0.25) is 5.32 Å². The summed E-state index contributed by atoms with van der Waals surface area (Å²) in [7, 11) is 1.63. The SMILES string of the molecule is COc1cc(C)c2c(c1)CC(NC(=O)OCc1ccccc1)O2. The lowest BCUT2D eigenvalue weighted by atomic mass is 10.1. The molecular formula is C18H19NO4. The molecule has 0 radical (unpaired) electrons. The first-order valence-electron chi connectivity index (χ1n) is 7.47. The van der Waals surface area contributed by atoms with Crippen molar-refractivity contribution in [3.8, 4) is 11.5 Å². The van der Waals surface area contributed by atoms with Gasteiger partial charge in [0.2, 0.25) is 0 Å². The van der Waals surface area contributed by atoms with Crippen LogP contribution in [0.2, 0.25) is 0 Å². The first kappa shape index (κ1) is 15.2. The molecule has 5 nitrogen and oxygen atoms in total. The summed E-state index contributed by atoms with van der Waals surface area (Å²) in [6, 6.07) is 13.4. The molecule has 0 saturated carbocycles. The number of ether oxygens (including phenoxy) is 3. The molecule has 120 valence electrons. The second kappa shape index (κ2) is 6.60. The van der Waals surface area contributed by atoms with Crippen molar-refractivity contribution in [3.63, 3.8) is 0 Å². The highest BCUT2D eigenvalue weighted by molar-refractivity contribution is 5.68. The maximum Gasteiger partial charge on any atom is 0.410 e. The average molecular weight is 313 g/mol. The Balaban J connectivity index is 1.56. The lowest BCUT2D eigenvalue weighted by molar-refractivity contribution is 0.113. The van der Waals surface area contributed by atoms with Gasteiger partial charge in [-0.15, -0.1) is 0 Å². The van der Waals surface area contributed by atoms with Crippen LogP contribution in [0.15, 0.2) is 42.5 Å². The maximum absolute atomic E-state index is 11.9. The molecule has 0 aliphatic carbocycles. The number of carbonyl (C=O) groups is 1. The van der Waals surface area contributed by atoms with Crippen molar-refractivity contribution in [2.45, 2.75) is 26.2 Å². The van der Waals surface area contributed by atoms with Crippen LogP contribution in [-0.2, 0) is 17.8 Å². The van der Waals surface area contributed by atoms with E-state index < -0.39 is 12.3 Å². The van der Waals surface area contributed by atoms with Crippen molar-refractivity contribution in [1.82, 2.24) is 5.32 Å². The number of hydrogen-bond acceptors (Lipinski definition) is 4. The Labute approximate surface area is 135 Å². The molecule has 1 aliphatic rings. The molecule has 2 aromatic rings. The van der Waals surface area contributed by atoms with E-state index in [1.54, 1.807) is 7.11 Å². The quantitative estimate of drug-likeness (QED) is 0.942. The van der Waals surface area contributed by atoms with Crippen LogP contribution in [0.4, 0.5) is 4.79 Å². The van der Waals surface area contributed by atoms with Crippen LogP contribution in [-0.4, -0.2) is 19.4 Å². The lowest BCUT2D eigenvalue weighted by Gasteiger charge is -2.13. The molecule has 1 amide bonds. The molecule has 1 atom stereocenters. The van der Waals surface area contributed by atoms with Crippen LogP contribution >= 0.6 is 0 Å². The van der Waals surface area contributed by atoms with E-state index >= 15 is 0 Å². The molecule has 1 unspecified atom stereocenters. The number of rotatable bonds is 4. The summed E-state index contributed by atoms with van der Waals surface area (Å²) in [6.45, 7) is 2.19. The number of alkyl carbamates (subject to hydrolysis) is 1. The Bertz CT molecular complexity index is 700. The van der Waals surface area contributed by atoms with E-state index in [1.807, 2.05) is 49.4 Å². The van der Waals surface area contributed by atoms with Crippen LogP contribution in [0, 0.1) is 6.92 Å². The highest BCUT2D eigenvalue weighted by Crippen LogP contribution is 2.35. The number of nitrogens with one attached hydrogen (secondary N) is 1. The largest absolute Gasteiger partial charge is 0.497 e. The summed E-state index contributed by atoms with van der Waals surface area (Å²) < 4.78 is 16.3. The zero-order valence-electron chi connectivity index (χ0n) is 13.2. The van der Waals surface area contributed by atoms with Crippen LogP contribution in [0.5, 0.6) is 11.5 Å². The third kappa shape index (κ3) is 3.56. The highest BCUT2D eigenvalue weighted by atomic mass is 16.6. The molecule has 5 heteroatoms. The number of benzene rings is 2. The molecule has 0 saturated heterocycles. The minimum absolute atomic E-state index is 0.235. The van der Waals surface area contributed by atoms with E-state index in [-0.39, 0.29) is 6.61 Å². The number of carbonyl (C=O) groups excluding carboxylic acids is 1. The normalized spacial score (nSPS) is 15.5. The number of fused-ring (bicyclic) bond motifs is 1. The van der Waals surface area contributed by atoms with Crippen molar-refractivity contribution >= 4 is 6.09 Å². The van der Waals surface area contributed by atoms with Crippen molar-refractivity contribution in [2.75, 3.05) is 7.11 Å². The molecule has 0 fully saturated rings. The predicted octanol–water partition coefficient (Wildman–Crippen LogP) is 3.19. The monoisotopic (exact) mass is 313 g/mol. The summed E-state index contributed by atoms with van der Waals surface area (Å²) in [5.74, 6) is 1.59. The van der Waals surface area contributed by atoms with Crippen LogP contribution in [0.1, 0.15) is 16.7 Å². The molecule has 1 heterocycles. The zero-order valence-corrected chi connectivity index (χ0v) is 13.2. The van der Waals surface area contributed by atoms with E-state index in [4.69, 9.17) is 14.2 Å². The van der Waals surface area contributed by atoms with Gasteiger partial charge in [-0.25, -0.2) is 4.79 Å². The molecule has 1 aliphatic heterocycles. The van der Waals surface area contributed by atoms with Gasteiger partial charge in [0.25, 0.3) is 0 Å². The van der Waals surface area contributed by atoms with E-state index in [2.05, 4.69) is 5.32 Å². The van der Waals surface area contributed by atoms with Gasteiger partial charge < -0.3 is 14.2 Å². The minimum Gasteiger partial charge on any atom is -0.497 e. The Morgan fingerprint density at radius 2 is 2.09 bits per heavy atom. The number of methoxy groups -OCH3 is 1. The Morgan fingerprint density at radius 1 is 1.30 bits per heavy atom. The van der Waals surface area contributed by atoms with Gasteiger partial charge in [0.05, 0.1) is 7.11 Å². The summed E-state index contributed by atoms with van der Waals surface area (Å²) >= 11 is 0. The van der Waals surface area contributed by atoms with Gasteiger partial charge in [0, 0.05) is 12.0 Å². The van der Waals surface area contributed by atoms with Crippen molar-refractivity contribution in [3.05, 3.63) is 59.2 Å².